The zero-order valence-corrected chi connectivity index (χ0v) is 29.6. The van der Waals surface area contributed by atoms with E-state index < -0.39 is 0 Å². The molecule has 6 heterocycles. The minimum Gasteiger partial charge on any atom is -0.499 e. The Morgan fingerprint density at radius 2 is 1.00 bits per heavy atom. The molecule has 6 aromatic heterocycles. The SMILES string of the molecule is CCCC1(CCC)C2CC(c3cc4sc5cc(O)sc5c4s3)CCC2C2CCC(c3cc4sc5cc(O)sc5c4s3)CC21. The van der Waals surface area contributed by atoms with Gasteiger partial charge in [0.25, 0.3) is 0 Å². The van der Waals surface area contributed by atoms with E-state index in [9.17, 15) is 10.2 Å². The van der Waals surface area contributed by atoms with Gasteiger partial charge < -0.3 is 10.2 Å². The maximum Gasteiger partial charge on any atom is 0.173 e. The summed E-state index contributed by atoms with van der Waals surface area (Å²) in [6.07, 6.45) is 13.8. The van der Waals surface area contributed by atoms with Crippen molar-refractivity contribution in [3.8, 4) is 10.1 Å². The fourth-order valence-electron chi connectivity index (χ4n) is 10.4. The molecule has 0 bridgehead atoms. The molecule has 3 aliphatic rings. The zero-order valence-electron chi connectivity index (χ0n) is 24.7. The Morgan fingerprint density at radius 1 is 0.581 bits per heavy atom. The zero-order chi connectivity index (χ0) is 29.0. The summed E-state index contributed by atoms with van der Waals surface area (Å²) >= 11 is 10.9. The van der Waals surface area contributed by atoms with Crippen LogP contribution in [0.15, 0.2) is 24.3 Å². The summed E-state index contributed by atoms with van der Waals surface area (Å²) in [6.45, 7) is 4.90. The van der Waals surface area contributed by atoms with Gasteiger partial charge in [0.1, 0.15) is 0 Å². The Labute approximate surface area is 277 Å². The van der Waals surface area contributed by atoms with Crippen LogP contribution in [-0.2, 0) is 0 Å². The van der Waals surface area contributed by atoms with Crippen LogP contribution in [0.3, 0.4) is 0 Å². The van der Waals surface area contributed by atoms with Crippen LogP contribution in [-0.4, -0.2) is 10.2 Å². The van der Waals surface area contributed by atoms with E-state index in [1.807, 2.05) is 57.5 Å². The van der Waals surface area contributed by atoms with Crippen molar-refractivity contribution in [1.82, 2.24) is 0 Å². The van der Waals surface area contributed by atoms with E-state index >= 15 is 0 Å². The van der Waals surface area contributed by atoms with Crippen molar-refractivity contribution >= 4 is 106 Å². The van der Waals surface area contributed by atoms with E-state index in [0.29, 0.717) is 27.4 Å². The number of hydrogen-bond donors (Lipinski definition) is 2. The number of thiophene rings is 6. The third-order valence-corrected chi connectivity index (χ3v) is 19.2. The number of fused-ring (bicyclic) bond motifs is 9. The molecule has 6 unspecified atom stereocenters. The molecule has 6 atom stereocenters. The Hall–Kier alpha value is -1.16. The van der Waals surface area contributed by atoms with Crippen molar-refractivity contribution in [2.75, 3.05) is 0 Å². The number of hydrogen-bond acceptors (Lipinski definition) is 8. The Balaban J connectivity index is 1.04. The number of rotatable bonds is 6. The molecule has 2 nitrogen and oxygen atoms in total. The van der Waals surface area contributed by atoms with E-state index in [2.05, 4.69) is 26.0 Å². The van der Waals surface area contributed by atoms with E-state index in [-0.39, 0.29) is 0 Å². The van der Waals surface area contributed by atoms with Gasteiger partial charge in [-0.05, 0) is 104 Å². The van der Waals surface area contributed by atoms with Crippen molar-refractivity contribution in [3.05, 3.63) is 34.0 Å². The summed E-state index contributed by atoms with van der Waals surface area (Å²) < 4.78 is 10.8. The van der Waals surface area contributed by atoms with E-state index in [1.165, 1.54) is 102 Å². The predicted octanol–water partition coefficient (Wildman–Crippen LogP) is 13.4. The van der Waals surface area contributed by atoms with Gasteiger partial charge in [0.2, 0.25) is 0 Å². The first-order valence-corrected chi connectivity index (χ1v) is 21.1. The monoisotopic (exact) mass is 682 g/mol. The van der Waals surface area contributed by atoms with Crippen molar-refractivity contribution < 1.29 is 10.2 Å². The summed E-state index contributed by atoms with van der Waals surface area (Å²) in [5.41, 5.74) is 0.499. The Kier molecular flexibility index (Phi) is 6.81. The Morgan fingerprint density at radius 3 is 1.44 bits per heavy atom. The summed E-state index contributed by atoms with van der Waals surface area (Å²) in [6, 6.07) is 8.97. The highest BCUT2D eigenvalue weighted by Gasteiger charge is 2.60. The van der Waals surface area contributed by atoms with Crippen molar-refractivity contribution in [2.24, 2.45) is 29.1 Å². The molecule has 2 N–H and O–H groups in total. The summed E-state index contributed by atoms with van der Waals surface area (Å²) in [5, 5.41) is 21.1. The minimum atomic E-state index is 0.455. The standard InChI is InChI=1S/C35H38O2S6/c1-3-9-35(10-4-2)21-11-17(23-13-25-31(40-23)33-27(38-25)15-29(36)42-33)5-7-19(21)20-8-6-18(12-22(20)35)24-14-26-32(41-24)34-28(39-26)16-30(37)43-34/h13-22,36-37H,3-12H2,1-2H3. The summed E-state index contributed by atoms with van der Waals surface area (Å²) in [4.78, 5) is 3.24. The third kappa shape index (κ3) is 4.22. The summed E-state index contributed by atoms with van der Waals surface area (Å²) in [5.74, 6) is 4.97. The van der Waals surface area contributed by atoms with Crippen molar-refractivity contribution in [1.29, 1.82) is 0 Å². The molecular weight excluding hydrogens is 645 g/mol. The van der Waals surface area contributed by atoms with Crippen LogP contribution in [0.25, 0.3) is 37.6 Å². The molecule has 8 heteroatoms. The molecule has 0 aliphatic heterocycles. The van der Waals surface area contributed by atoms with Gasteiger partial charge in [0, 0.05) is 31.3 Å². The topological polar surface area (TPSA) is 40.5 Å². The van der Waals surface area contributed by atoms with E-state index in [0.717, 1.165) is 23.7 Å². The second-order valence-corrected chi connectivity index (χ2v) is 20.1. The molecule has 6 aromatic rings. The maximum atomic E-state index is 10.1. The molecule has 0 spiro atoms. The number of aromatic hydroxyl groups is 2. The van der Waals surface area contributed by atoms with Crippen molar-refractivity contribution in [2.45, 2.75) is 89.9 Å². The second kappa shape index (κ2) is 10.4. The lowest BCUT2D eigenvalue weighted by Gasteiger charge is -2.46. The fraction of sp³-hybridized carbons (Fsp3) is 0.543. The minimum absolute atomic E-state index is 0.455. The van der Waals surface area contributed by atoms with E-state index in [1.54, 1.807) is 32.4 Å². The third-order valence-electron chi connectivity index (χ3n) is 11.7. The quantitative estimate of drug-likeness (QED) is 0.184. The highest BCUT2D eigenvalue weighted by atomic mass is 32.1. The van der Waals surface area contributed by atoms with Crippen LogP contribution in [0.1, 0.15) is 99.6 Å². The van der Waals surface area contributed by atoms with Crippen LogP contribution >= 0.6 is 68.0 Å². The molecule has 3 fully saturated rings. The Bertz CT molecular complexity index is 1820. The first-order valence-electron chi connectivity index (χ1n) is 16.2. The first-order chi connectivity index (χ1) is 21.0. The predicted molar refractivity (Wildman–Crippen MR) is 193 cm³/mol. The summed E-state index contributed by atoms with van der Waals surface area (Å²) in [7, 11) is 0. The molecule has 0 aromatic carbocycles. The maximum absolute atomic E-state index is 10.1. The molecule has 43 heavy (non-hydrogen) atoms. The van der Waals surface area contributed by atoms with Gasteiger partial charge in [-0.2, -0.15) is 0 Å². The molecule has 0 radical (unpaired) electrons. The van der Waals surface area contributed by atoms with Gasteiger partial charge in [-0.15, -0.1) is 45.3 Å². The normalized spacial score (nSPS) is 28.9. The van der Waals surface area contributed by atoms with Gasteiger partial charge in [-0.3, -0.25) is 0 Å². The van der Waals surface area contributed by atoms with Crippen molar-refractivity contribution in [3.63, 3.8) is 0 Å². The lowest BCUT2D eigenvalue weighted by molar-refractivity contribution is 0.0486. The molecule has 3 saturated carbocycles. The first kappa shape index (κ1) is 28.1. The van der Waals surface area contributed by atoms with Gasteiger partial charge in [-0.1, -0.05) is 49.4 Å². The lowest BCUT2D eigenvalue weighted by atomic mass is 9.59. The largest absolute Gasteiger partial charge is 0.499 e. The molecular formula is C35H38O2S6. The van der Waals surface area contributed by atoms with Crippen LogP contribution < -0.4 is 0 Å². The van der Waals surface area contributed by atoms with Gasteiger partial charge in [0.15, 0.2) is 10.1 Å². The molecule has 3 aliphatic carbocycles. The van der Waals surface area contributed by atoms with Crippen LogP contribution in [0.2, 0.25) is 0 Å². The average molecular weight is 683 g/mol. The molecule has 9 rings (SSSR count). The highest BCUT2D eigenvalue weighted by Crippen LogP contribution is 2.69. The lowest BCUT2D eigenvalue weighted by Crippen LogP contribution is -2.37. The molecule has 0 saturated heterocycles. The molecule has 226 valence electrons. The second-order valence-electron chi connectivity index (χ2n) is 13.7. The van der Waals surface area contributed by atoms with Gasteiger partial charge in [-0.25, -0.2) is 0 Å². The van der Waals surface area contributed by atoms with Crippen LogP contribution in [0.5, 0.6) is 10.1 Å². The fourth-order valence-corrected chi connectivity index (χ4v) is 18.2. The van der Waals surface area contributed by atoms with Gasteiger partial charge >= 0.3 is 0 Å². The van der Waals surface area contributed by atoms with E-state index in [4.69, 9.17) is 0 Å². The van der Waals surface area contributed by atoms with Gasteiger partial charge in [0.05, 0.1) is 28.2 Å². The van der Waals surface area contributed by atoms with Crippen LogP contribution in [0, 0.1) is 29.1 Å². The van der Waals surface area contributed by atoms with Crippen LogP contribution in [0.4, 0.5) is 0 Å². The smallest absolute Gasteiger partial charge is 0.173 e. The highest BCUT2D eigenvalue weighted by molar-refractivity contribution is 7.39. The molecule has 0 amide bonds. The average Bonchev–Trinajstić information content (AvgIpc) is 3.83.